The summed E-state index contributed by atoms with van der Waals surface area (Å²) in [6.07, 6.45) is 0. The van der Waals surface area contributed by atoms with E-state index in [9.17, 15) is 9.59 Å². The first-order chi connectivity index (χ1) is 6.54. The van der Waals surface area contributed by atoms with Crippen molar-refractivity contribution in [2.45, 2.75) is 19.9 Å². The molecule has 5 heteroatoms. The third-order valence-corrected chi connectivity index (χ3v) is 2.23. The van der Waals surface area contributed by atoms with Gasteiger partial charge in [-0.05, 0) is 0 Å². The van der Waals surface area contributed by atoms with E-state index in [2.05, 4.69) is 0 Å². The third kappa shape index (κ3) is 2.23. The van der Waals surface area contributed by atoms with E-state index in [1.165, 1.54) is 4.90 Å². The van der Waals surface area contributed by atoms with Crippen molar-refractivity contribution in [2.24, 2.45) is 11.7 Å². The molecule has 0 aromatic heterocycles. The number of carbonyl (C=O) groups excluding carboxylic acids is 2. The third-order valence-electron chi connectivity index (χ3n) is 2.23. The van der Waals surface area contributed by atoms with Crippen LogP contribution in [0.15, 0.2) is 0 Å². The minimum Gasteiger partial charge on any atom is -0.377 e. The average molecular weight is 200 g/mol. The van der Waals surface area contributed by atoms with Crippen LogP contribution in [-0.2, 0) is 14.3 Å². The first kappa shape index (κ1) is 11.0. The maximum Gasteiger partial charge on any atom is 0.242 e. The molecule has 0 radical (unpaired) electrons. The van der Waals surface area contributed by atoms with E-state index in [0.717, 1.165) is 0 Å². The van der Waals surface area contributed by atoms with Crippen LogP contribution in [0.1, 0.15) is 13.8 Å². The molecule has 2 amide bonds. The first-order valence-corrected chi connectivity index (χ1v) is 4.71. The van der Waals surface area contributed by atoms with E-state index in [0.29, 0.717) is 13.2 Å². The van der Waals surface area contributed by atoms with Crippen LogP contribution >= 0.6 is 0 Å². The number of nitrogens with zero attached hydrogens (tertiary/aromatic N) is 1. The van der Waals surface area contributed by atoms with Crippen LogP contribution in [0.5, 0.6) is 0 Å². The minimum atomic E-state index is -0.598. The van der Waals surface area contributed by atoms with E-state index in [1.807, 2.05) is 0 Å². The van der Waals surface area contributed by atoms with Gasteiger partial charge in [0.1, 0.15) is 6.04 Å². The highest BCUT2D eigenvalue weighted by Gasteiger charge is 2.32. The van der Waals surface area contributed by atoms with Crippen LogP contribution in [0.3, 0.4) is 0 Å². The molecule has 5 nitrogen and oxygen atoms in total. The molecule has 80 valence electrons. The Morgan fingerprint density at radius 3 is 2.64 bits per heavy atom. The van der Waals surface area contributed by atoms with Crippen LogP contribution < -0.4 is 5.73 Å². The van der Waals surface area contributed by atoms with Gasteiger partial charge in [-0.15, -0.1) is 0 Å². The zero-order valence-electron chi connectivity index (χ0n) is 8.53. The lowest BCUT2D eigenvalue weighted by molar-refractivity contribution is -0.149. The molecule has 0 saturated carbocycles. The first-order valence-electron chi connectivity index (χ1n) is 4.71. The standard InChI is InChI=1S/C9H16N2O3/c1-6(2)9(13)11-3-4-14-5-7(11)8(10)12/h6-7H,3-5H2,1-2H3,(H2,10,12). The summed E-state index contributed by atoms with van der Waals surface area (Å²) < 4.78 is 5.11. The lowest BCUT2D eigenvalue weighted by Gasteiger charge is -2.34. The van der Waals surface area contributed by atoms with E-state index < -0.39 is 11.9 Å². The number of primary amides is 1. The number of ether oxygens (including phenoxy) is 1. The average Bonchev–Trinajstić information content (AvgIpc) is 2.16. The van der Waals surface area contributed by atoms with Gasteiger partial charge in [0.15, 0.2) is 0 Å². The molecule has 0 aromatic rings. The second kappa shape index (κ2) is 4.41. The molecule has 0 aliphatic carbocycles. The number of morpholine rings is 1. The van der Waals surface area contributed by atoms with E-state index in [4.69, 9.17) is 10.5 Å². The van der Waals surface area contributed by atoms with Crippen molar-refractivity contribution < 1.29 is 14.3 Å². The quantitative estimate of drug-likeness (QED) is 0.644. The molecule has 0 aromatic carbocycles. The Morgan fingerprint density at radius 1 is 1.50 bits per heavy atom. The van der Waals surface area contributed by atoms with Crippen molar-refractivity contribution in [3.8, 4) is 0 Å². The Bertz CT molecular complexity index is 240. The zero-order valence-corrected chi connectivity index (χ0v) is 8.53. The molecular formula is C9H16N2O3. The lowest BCUT2D eigenvalue weighted by Crippen LogP contribution is -2.55. The van der Waals surface area contributed by atoms with E-state index in [1.54, 1.807) is 13.8 Å². The van der Waals surface area contributed by atoms with Crippen molar-refractivity contribution in [3.63, 3.8) is 0 Å². The molecule has 2 N–H and O–H groups in total. The van der Waals surface area contributed by atoms with Gasteiger partial charge in [-0.2, -0.15) is 0 Å². The van der Waals surface area contributed by atoms with Gasteiger partial charge < -0.3 is 15.4 Å². The molecule has 0 bridgehead atoms. The topological polar surface area (TPSA) is 72.6 Å². The predicted octanol–water partition coefficient (Wildman–Crippen LogP) is -0.645. The van der Waals surface area contributed by atoms with Crippen LogP contribution in [0.4, 0.5) is 0 Å². The molecule has 1 rings (SSSR count). The second-order valence-corrected chi connectivity index (χ2v) is 3.68. The summed E-state index contributed by atoms with van der Waals surface area (Å²) in [5.41, 5.74) is 5.18. The summed E-state index contributed by atoms with van der Waals surface area (Å²) in [4.78, 5) is 24.2. The summed E-state index contributed by atoms with van der Waals surface area (Å²) in [6.45, 7) is 4.74. The molecule has 1 unspecified atom stereocenters. The second-order valence-electron chi connectivity index (χ2n) is 3.68. The molecule has 1 saturated heterocycles. The Kier molecular flexibility index (Phi) is 3.46. The fourth-order valence-electron chi connectivity index (χ4n) is 1.43. The summed E-state index contributed by atoms with van der Waals surface area (Å²) >= 11 is 0. The summed E-state index contributed by atoms with van der Waals surface area (Å²) in [5.74, 6) is -0.661. The number of rotatable bonds is 2. The largest absolute Gasteiger partial charge is 0.377 e. The molecule has 1 aliphatic rings. The Balaban J connectivity index is 2.72. The molecular weight excluding hydrogens is 184 g/mol. The molecule has 0 spiro atoms. The number of nitrogens with two attached hydrogens (primary N) is 1. The fourth-order valence-corrected chi connectivity index (χ4v) is 1.43. The number of carbonyl (C=O) groups is 2. The van der Waals surface area contributed by atoms with Crippen molar-refractivity contribution in [2.75, 3.05) is 19.8 Å². The Morgan fingerprint density at radius 2 is 2.14 bits per heavy atom. The van der Waals surface area contributed by atoms with Gasteiger partial charge in [0.2, 0.25) is 11.8 Å². The van der Waals surface area contributed by atoms with Gasteiger partial charge in [-0.25, -0.2) is 0 Å². The van der Waals surface area contributed by atoms with Gasteiger partial charge >= 0.3 is 0 Å². The molecule has 14 heavy (non-hydrogen) atoms. The molecule has 1 aliphatic heterocycles. The normalized spacial score (nSPS) is 22.5. The van der Waals surface area contributed by atoms with Crippen LogP contribution in [0, 0.1) is 5.92 Å². The molecule has 1 atom stereocenters. The highest BCUT2D eigenvalue weighted by atomic mass is 16.5. The summed E-state index contributed by atoms with van der Waals surface area (Å²) in [5, 5.41) is 0. The van der Waals surface area contributed by atoms with Crippen molar-refractivity contribution in [1.82, 2.24) is 4.90 Å². The predicted molar refractivity (Wildman–Crippen MR) is 50.4 cm³/mol. The molecule has 1 heterocycles. The van der Waals surface area contributed by atoms with Gasteiger partial charge in [0, 0.05) is 12.5 Å². The Labute approximate surface area is 83.2 Å². The van der Waals surface area contributed by atoms with Crippen molar-refractivity contribution in [1.29, 1.82) is 0 Å². The summed E-state index contributed by atoms with van der Waals surface area (Å²) in [6, 6.07) is -0.598. The van der Waals surface area contributed by atoms with Crippen LogP contribution in [0.2, 0.25) is 0 Å². The number of hydrogen-bond donors (Lipinski definition) is 1. The number of amides is 2. The summed E-state index contributed by atoms with van der Waals surface area (Å²) in [7, 11) is 0. The highest BCUT2D eigenvalue weighted by molar-refractivity contribution is 5.87. The van der Waals surface area contributed by atoms with E-state index >= 15 is 0 Å². The zero-order chi connectivity index (χ0) is 10.7. The van der Waals surface area contributed by atoms with Gasteiger partial charge in [0.05, 0.1) is 13.2 Å². The smallest absolute Gasteiger partial charge is 0.242 e. The highest BCUT2D eigenvalue weighted by Crippen LogP contribution is 2.10. The van der Waals surface area contributed by atoms with Gasteiger partial charge in [-0.3, -0.25) is 9.59 Å². The Hall–Kier alpha value is -1.10. The van der Waals surface area contributed by atoms with Crippen molar-refractivity contribution >= 4 is 11.8 Å². The van der Waals surface area contributed by atoms with Crippen LogP contribution in [-0.4, -0.2) is 42.5 Å². The minimum absolute atomic E-state index is 0.0444. The number of hydrogen-bond acceptors (Lipinski definition) is 3. The van der Waals surface area contributed by atoms with Gasteiger partial charge in [-0.1, -0.05) is 13.8 Å². The fraction of sp³-hybridized carbons (Fsp3) is 0.778. The lowest BCUT2D eigenvalue weighted by atomic mass is 10.1. The van der Waals surface area contributed by atoms with Crippen molar-refractivity contribution in [3.05, 3.63) is 0 Å². The van der Waals surface area contributed by atoms with Crippen LogP contribution in [0.25, 0.3) is 0 Å². The van der Waals surface area contributed by atoms with E-state index in [-0.39, 0.29) is 18.4 Å². The molecule has 1 fully saturated rings. The monoisotopic (exact) mass is 200 g/mol. The SMILES string of the molecule is CC(C)C(=O)N1CCOCC1C(N)=O. The maximum atomic E-state index is 11.7. The maximum absolute atomic E-state index is 11.7. The van der Waals surface area contributed by atoms with Gasteiger partial charge in [0.25, 0.3) is 0 Å².